The highest BCUT2D eigenvalue weighted by Gasteiger charge is 2.12. The number of hydrogen-bond acceptors (Lipinski definition) is 5. The Kier molecular flexibility index (Phi) is 8.65. The van der Waals surface area contributed by atoms with E-state index in [1.807, 2.05) is 27.7 Å². The average molecular weight is 322 g/mol. The van der Waals surface area contributed by atoms with Crippen molar-refractivity contribution in [2.75, 3.05) is 26.4 Å². The third-order valence-electron chi connectivity index (χ3n) is 2.82. The Morgan fingerprint density at radius 2 is 1.52 bits per heavy atom. The summed E-state index contributed by atoms with van der Waals surface area (Å²) >= 11 is 0. The van der Waals surface area contributed by atoms with Crippen molar-refractivity contribution in [3.05, 3.63) is 23.8 Å². The Hall–Kier alpha value is -2.17. The van der Waals surface area contributed by atoms with Crippen LogP contribution in [0.25, 0.3) is 6.08 Å². The second kappa shape index (κ2) is 10.5. The van der Waals surface area contributed by atoms with Crippen molar-refractivity contribution in [2.45, 2.75) is 34.1 Å². The Labute approximate surface area is 138 Å². The molecule has 1 aromatic carbocycles. The zero-order valence-electron chi connectivity index (χ0n) is 14.4. The smallest absolute Gasteiger partial charge is 0.330 e. The lowest BCUT2D eigenvalue weighted by Gasteiger charge is -2.15. The molecule has 0 saturated carbocycles. The summed E-state index contributed by atoms with van der Waals surface area (Å²) in [6, 6.07) is 3.60. The lowest BCUT2D eigenvalue weighted by molar-refractivity contribution is -0.137. The van der Waals surface area contributed by atoms with E-state index < -0.39 is 0 Å². The first kappa shape index (κ1) is 18.9. The van der Waals surface area contributed by atoms with Crippen molar-refractivity contribution in [2.24, 2.45) is 0 Å². The second-order valence-electron chi connectivity index (χ2n) is 4.63. The lowest BCUT2D eigenvalue weighted by Crippen LogP contribution is -2.03. The number of benzene rings is 1. The molecule has 0 saturated heterocycles. The fourth-order valence-electron chi connectivity index (χ4n) is 1.94. The van der Waals surface area contributed by atoms with Crippen LogP contribution in [0.2, 0.25) is 0 Å². The van der Waals surface area contributed by atoms with Gasteiger partial charge in [0.15, 0.2) is 0 Å². The summed E-state index contributed by atoms with van der Waals surface area (Å²) in [5.74, 6) is 1.51. The van der Waals surface area contributed by atoms with E-state index in [9.17, 15) is 4.79 Å². The molecule has 0 bridgehead atoms. The van der Waals surface area contributed by atoms with E-state index in [4.69, 9.17) is 18.9 Å². The molecule has 128 valence electrons. The lowest BCUT2D eigenvalue weighted by atomic mass is 10.1. The summed E-state index contributed by atoms with van der Waals surface area (Å²) in [7, 11) is 0. The minimum Gasteiger partial charge on any atom is -0.494 e. The molecule has 1 aromatic rings. The van der Waals surface area contributed by atoms with Crippen LogP contribution in [0.3, 0.4) is 0 Å². The summed E-state index contributed by atoms with van der Waals surface area (Å²) < 4.78 is 21.9. The van der Waals surface area contributed by atoms with Gasteiger partial charge in [-0.2, -0.15) is 0 Å². The first-order chi connectivity index (χ1) is 11.2. The fourth-order valence-corrected chi connectivity index (χ4v) is 1.94. The second-order valence-corrected chi connectivity index (χ2v) is 4.63. The molecule has 23 heavy (non-hydrogen) atoms. The molecule has 1 rings (SSSR count). The largest absolute Gasteiger partial charge is 0.494 e. The number of carbonyl (C=O) groups excluding carboxylic acids is 1. The molecule has 0 aliphatic carbocycles. The predicted octanol–water partition coefficient (Wildman–Crippen LogP) is 3.85. The summed E-state index contributed by atoms with van der Waals surface area (Å²) in [6.07, 6.45) is 3.83. The van der Waals surface area contributed by atoms with Crippen molar-refractivity contribution in [3.63, 3.8) is 0 Å². The van der Waals surface area contributed by atoms with Crippen LogP contribution in [0.15, 0.2) is 18.2 Å². The normalized spacial score (nSPS) is 10.6. The number of ether oxygens (including phenoxy) is 4. The fraction of sp³-hybridized carbons (Fsp3) is 0.500. The molecule has 0 atom stereocenters. The molecule has 0 fully saturated rings. The van der Waals surface area contributed by atoms with Gasteiger partial charge in [-0.25, -0.2) is 4.79 Å². The average Bonchev–Trinajstić information content (AvgIpc) is 2.53. The van der Waals surface area contributed by atoms with Gasteiger partial charge in [0.25, 0.3) is 0 Å². The van der Waals surface area contributed by atoms with E-state index in [1.165, 1.54) is 6.08 Å². The summed E-state index contributed by atoms with van der Waals surface area (Å²) in [5.41, 5.74) is 0.700. The molecule has 5 heteroatoms. The van der Waals surface area contributed by atoms with Crippen LogP contribution in [-0.2, 0) is 9.53 Å². The van der Waals surface area contributed by atoms with Crippen molar-refractivity contribution < 1.29 is 23.7 Å². The molecule has 0 amide bonds. The molecule has 5 nitrogen and oxygen atoms in total. The van der Waals surface area contributed by atoms with Crippen molar-refractivity contribution in [3.8, 4) is 17.2 Å². The van der Waals surface area contributed by atoms with Gasteiger partial charge in [-0.1, -0.05) is 6.92 Å². The van der Waals surface area contributed by atoms with Gasteiger partial charge in [0.05, 0.1) is 32.0 Å². The Balaban J connectivity index is 3.13. The number of hydrogen-bond donors (Lipinski definition) is 0. The van der Waals surface area contributed by atoms with Crippen molar-refractivity contribution >= 4 is 12.0 Å². The molecule has 0 aromatic heterocycles. The number of rotatable bonds is 10. The number of carbonyl (C=O) groups is 1. The van der Waals surface area contributed by atoms with E-state index in [0.717, 1.165) is 6.42 Å². The molecule has 0 aliphatic heterocycles. The first-order valence-electron chi connectivity index (χ1n) is 8.07. The monoisotopic (exact) mass is 322 g/mol. The van der Waals surface area contributed by atoms with Crippen LogP contribution in [0.4, 0.5) is 0 Å². The Bertz CT molecular complexity index is 495. The maximum absolute atomic E-state index is 11.7. The van der Waals surface area contributed by atoms with Gasteiger partial charge >= 0.3 is 5.97 Å². The quantitative estimate of drug-likeness (QED) is 0.484. The Morgan fingerprint density at radius 3 is 2.00 bits per heavy atom. The topological polar surface area (TPSA) is 54.0 Å². The Morgan fingerprint density at radius 1 is 0.957 bits per heavy atom. The van der Waals surface area contributed by atoms with E-state index in [-0.39, 0.29) is 5.97 Å². The predicted molar refractivity (Wildman–Crippen MR) is 90.2 cm³/mol. The molecule has 0 radical (unpaired) electrons. The van der Waals surface area contributed by atoms with Crippen LogP contribution in [-0.4, -0.2) is 32.4 Å². The molecule has 0 unspecified atom stereocenters. The van der Waals surface area contributed by atoms with E-state index in [2.05, 4.69) is 0 Å². The van der Waals surface area contributed by atoms with Gasteiger partial charge in [-0.15, -0.1) is 0 Å². The number of esters is 1. The van der Waals surface area contributed by atoms with Crippen LogP contribution in [0.1, 0.15) is 39.7 Å². The first-order valence-corrected chi connectivity index (χ1v) is 8.07. The van der Waals surface area contributed by atoms with Gasteiger partial charge in [0.1, 0.15) is 17.2 Å². The summed E-state index contributed by atoms with van der Waals surface area (Å²) in [5, 5.41) is 0. The zero-order chi connectivity index (χ0) is 17.1. The van der Waals surface area contributed by atoms with Gasteiger partial charge in [0, 0.05) is 18.2 Å². The maximum Gasteiger partial charge on any atom is 0.330 e. The molecular weight excluding hydrogens is 296 g/mol. The van der Waals surface area contributed by atoms with Gasteiger partial charge < -0.3 is 18.9 Å². The van der Waals surface area contributed by atoms with Gasteiger partial charge in [-0.3, -0.25) is 0 Å². The molecule has 0 aliphatic rings. The van der Waals surface area contributed by atoms with Crippen LogP contribution in [0, 0.1) is 0 Å². The SMILES string of the molecule is CCCOC(=O)C=Cc1c(OCC)cc(OCC)cc1OCC. The van der Waals surface area contributed by atoms with E-state index >= 15 is 0 Å². The maximum atomic E-state index is 11.7. The van der Waals surface area contributed by atoms with Crippen molar-refractivity contribution in [1.29, 1.82) is 0 Å². The third-order valence-corrected chi connectivity index (χ3v) is 2.82. The third kappa shape index (κ3) is 6.22. The molecule has 0 N–H and O–H groups in total. The minimum absolute atomic E-state index is 0.384. The highest BCUT2D eigenvalue weighted by atomic mass is 16.5. The highest BCUT2D eigenvalue weighted by molar-refractivity contribution is 5.88. The van der Waals surface area contributed by atoms with E-state index in [1.54, 1.807) is 18.2 Å². The van der Waals surface area contributed by atoms with Gasteiger partial charge in [-0.05, 0) is 33.3 Å². The molecule has 0 heterocycles. The zero-order valence-corrected chi connectivity index (χ0v) is 14.4. The summed E-state index contributed by atoms with van der Waals surface area (Å²) in [4.78, 5) is 11.7. The molecular formula is C18H26O5. The van der Waals surface area contributed by atoms with Crippen molar-refractivity contribution in [1.82, 2.24) is 0 Å². The minimum atomic E-state index is -0.384. The summed E-state index contributed by atoms with van der Waals surface area (Å²) in [6.45, 7) is 9.62. The standard InChI is InChI=1S/C18H26O5/c1-5-11-23-18(19)10-9-15-16(21-7-3)12-14(20-6-2)13-17(15)22-8-4/h9-10,12-13H,5-8,11H2,1-4H3. The van der Waals surface area contributed by atoms with Crippen LogP contribution >= 0.6 is 0 Å². The highest BCUT2D eigenvalue weighted by Crippen LogP contribution is 2.35. The molecule has 0 spiro atoms. The van der Waals surface area contributed by atoms with Crippen LogP contribution in [0.5, 0.6) is 17.2 Å². The van der Waals surface area contributed by atoms with Crippen LogP contribution < -0.4 is 14.2 Å². The van der Waals surface area contributed by atoms with E-state index in [0.29, 0.717) is 49.2 Å². The van der Waals surface area contributed by atoms with Gasteiger partial charge in [0.2, 0.25) is 0 Å².